The number of imide groups is 2. The van der Waals surface area contributed by atoms with Crippen molar-refractivity contribution in [3.8, 4) is 0 Å². The fourth-order valence-electron chi connectivity index (χ4n) is 3.59. The summed E-state index contributed by atoms with van der Waals surface area (Å²) in [5.41, 5.74) is 0.0631. The number of alkyl halides is 4. The van der Waals surface area contributed by atoms with Gasteiger partial charge in [0.2, 0.25) is 11.8 Å². The zero-order valence-corrected chi connectivity index (χ0v) is 20.7. The van der Waals surface area contributed by atoms with Crippen LogP contribution in [0.4, 0.5) is 22.4 Å². The molecule has 0 saturated carbocycles. The number of barbiturate groups is 1. The second-order valence-corrected chi connectivity index (χ2v) is 9.79. The van der Waals surface area contributed by atoms with Gasteiger partial charge in [-0.3, -0.25) is 19.4 Å². The maximum Gasteiger partial charge on any atom is 0.333 e. The summed E-state index contributed by atoms with van der Waals surface area (Å²) in [6.45, 7) is -2.85. The number of halogens is 8. The zero-order valence-electron chi connectivity index (χ0n) is 17.6. The molecule has 0 aromatic heterocycles. The molecule has 0 radical (unpaired) electrons. The highest BCUT2D eigenvalue weighted by atomic mass is 35.5. The summed E-state index contributed by atoms with van der Waals surface area (Å²) in [7, 11) is 0. The van der Waals surface area contributed by atoms with E-state index in [2.05, 4.69) is 0 Å². The van der Waals surface area contributed by atoms with Gasteiger partial charge in [0.1, 0.15) is 6.42 Å². The number of carbonyl (C=O) groups excluding carboxylic acids is 3. The maximum atomic E-state index is 14.7. The van der Waals surface area contributed by atoms with Gasteiger partial charge in [-0.25, -0.2) is 22.4 Å². The molecule has 1 saturated heterocycles. The summed E-state index contributed by atoms with van der Waals surface area (Å²) in [4.78, 5) is 37.3. The number of benzene rings is 2. The summed E-state index contributed by atoms with van der Waals surface area (Å²) < 4.78 is 58.9. The number of hydrogen-bond acceptors (Lipinski definition) is 3. The predicted molar refractivity (Wildman–Crippen MR) is 124 cm³/mol. The van der Waals surface area contributed by atoms with E-state index < -0.39 is 62.0 Å². The Morgan fingerprint density at radius 3 is 1.26 bits per heavy atom. The molecular formula is C22H16Cl4F4N2O3. The first-order valence-corrected chi connectivity index (χ1v) is 11.5. The van der Waals surface area contributed by atoms with Gasteiger partial charge in [-0.15, -0.1) is 0 Å². The molecule has 35 heavy (non-hydrogen) atoms. The summed E-state index contributed by atoms with van der Waals surface area (Å²) in [5, 5.41) is 0.420. The summed E-state index contributed by atoms with van der Waals surface area (Å²) >= 11 is 23.2. The molecule has 2 aromatic carbocycles. The predicted octanol–water partition coefficient (Wildman–Crippen LogP) is 6.54. The van der Waals surface area contributed by atoms with Crippen LogP contribution in [0.15, 0.2) is 36.4 Å². The third-order valence-corrected chi connectivity index (χ3v) is 5.79. The summed E-state index contributed by atoms with van der Waals surface area (Å²) in [5.74, 6) is -9.76. The van der Waals surface area contributed by atoms with Crippen LogP contribution in [0.2, 0.25) is 20.1 Å². The van der Waals surface area contributed by atoms with Crippen molar-refractivity contribution in [1.29, 1.82) is 0 Å². The number of nitrogens with zero attached hydrogens (tertiary/aromatic N) is 2. The highest BCUT2D eigenvalue weighted by Crippen LogP contribution is 2.30. The SMILES string of the molecule is O=C1CC(=O)N(CC(F)(F)Cc2cc(Cl)cc(Cl)c2)C(=O)N1CC(F)(F)Cc1cc(Cl)cc(Cl)c1. The van der Waals surface area contributed by atoms with Crippen LogP contribution >= 0.6 is 46.4 Å². The number of urea groups is 1. The van der Waals surface area contributed by atoms with E-state index in [4.69, 9.17) is 46.4 Å². The minimum atomic E-state index is -3.66. The molecule has 5 nitrogen and oxygen atoms in total. The van der Waals surface area contributed by atoms with Gasteiger partial charge < -0.3 is 0 Å². The largest absolute Gasteiger partial charge is 0.333 e. The lowest BCUT2D eigenvalue weighted by Gasteiger charge is -2.36. The minimum Gasteiger partial charge on any atom is -0.274 e. The third-order valence-electron chi connectivity index (χ3n) is 4.92. The highest BCUT2D eigenvalue weighted by molar-refractivity contribution is 6.35. The second kappa shape index (κ2) is 10.5. The molecule has 0 aliphatic carbocycles. The van der Waals surface area contributed by atoms with Crippen molar-refractivity contribution in [3.63, 3.8) is 0 Å². The van der Waals surface area contributed by atoms with E-state index in [0.29, 0.717) is 0 Å². The average Bonchev–Trinajstić information content (AvgIpc) is 2.66. The Kier molecular flexibility index (Phi) is 8.26. The van der Waals surface area contributed by atoms with Crippen LogP contribution in [-0.4, -0.2) is 52.6 Å². The second-order valence-electron chi connectivity index (χ2n) is 8.04. The molecular weight excluding hydrogens is 558 g/mol. The molecule has 0 unspecified atom stereocenters. The van der Waals surface area contributed by atoms with E-state index in [1.54, 1.807) is 0 Å². The quantitative estimate of drug-likeness (QED) is 0.266. The van der Waals surface area contributed by atoms with Crippen molar-refractivity contribution in [3.05, 3.63) is 67.6 Å². The highest BCUT2D eigenvalue weighted by Gasteiger charge is 2.46. The Hall–Kier alpha value is -2.07. The molecule has 3 rings (SSSR count). The van der Waals surface area contributed by atoms with Crippen molar-refractivity contribution >= 4 is 64.2 Å². The average molecular weight is 574 g/mol. The van der Waals surface area contributed by atoms with E-state index in [1.165, 1.54) is 36.4 Å². The molecule has 13 heteroatoms. The number of rotatable bonds is 8. The van der Waals surface area contributed by atoms with Crippen molar-refractivity contribution in [1.82, 2.24) is 9.80 Å². The lowest BCUT2D eigenvalue weighted by molar-refractivity contribution is -0.149. The van der Waals surface area contributed by atoms with Crippen LogP contribution in [0, 0.1) is 0 Å². The molecule has 4 amide bonds. The molecule has 2 aromatic rings. The summed E-state index contributed by atoms with van der Waals surface area (Å²) in [6, 6.07) is 6.06. The standard InChI is InChI=1S/C22H16Cl4F4N2O3/c23-14-1-12(2-15(24)5-14)8-21(27,28)10-31-18(33)7-19(34)32(20(31)35)11-22(29,30)9-13-3-16(25)6-17(26)4-13/h1-6H,7-11H2. The fourth-order valence-corrected chi connectivity index (χ4v) is 4.73. The number of carbonyl (C=O) groups is 3. The van der Waals surface area contributed by atoms with Crippen LogP contribution in [0.25, 0.3) is 0 Å². The van der Waals surface area contributed by atoms with Crippen molar-refractivity contribution in [2.75, 3.05) is 13.1 Å². The number of amides is 4. The smallest absolute Gasteiger partial charge is 0.274 e. The lowest BCUT2D eigenvalue weighted by atomic mass is 10.1. The van der Waals surface area contributed by atoms with E-state index >= 15 is 0 Å². The van der Waals surface area contributed by atoms with E-state index in [-0.39, 0.29) is 41.0 Å². The third kappa shape index (κ3) is 7.46. The Morgan fingerprint density at radius 2 is 0.943 bits per heavy atom. The first-order chi connectivity index (χ1) is 16.1. The monoisotopic (exact) mass is 572 g/mol. The molecule has 188 valence electrons. The van der Waals surface area contributed by atoms with Crippen LogP contribution < -0.4 is 0 Å². The van der Waals surface area contributed by atoms with Gasteiger partial charge in [0.15, 0.2) is 0 Å². The van der Waals surface area contributed by atoms with Crippen molar-refractivity contribution < 1.29 is 31.9 Å². The first kappa shape index (κ1) is 27.5. The molecule has 0 atom stereocenters. The van der Waals surface area contributed by atoms with Gasteiger partial charge in [0, 0.05) is 32.9 Å². The Bertz CT molecular complexity index is 1050. The molecule has 1 aliphatic heterocycles. The molecule has 1 fully saturated rings. The van der Waals surface area contributed by atoms with Gasteiger partial charge in [0.25, 0.3) is 11.8 Å². The Balaban J connectivity index is 1.75. The Morgan fingerprint density at radius 1 is 0.629 bits per heavy atom. The van der Waals surface area contributed by atoms with Crippen molar-refractivity contribution in [2.45, 2.75) is 31.1 Å². The molecule has 1 aliphatic rings. The topological polar surface area (TPSA) is 57.7 Å². The molecule has 0 bridgehead atoms. The van der Waals surface area contributed by atoms with Crippen LogP contribution in [0.3, 0.4) is 0 Å². The minimum absolute atomic E-state index is 0.0315. The van der Waals surface area contributed by atoms with E-state index in [1.807, 2.05) is 0 Å². The van der Waals surface area contributed by atoms with Crippen LogP contribution in [0.5, 0.6) is 0 Å². The van der Waals surface area contributed by atoms with Gasteiger partial charge in [0.05, 0.1) is 13.1 Å². The first-order valence-electron chi connectivity index (χ1n) is 9.94. The Labute approximate surface area is 217 Å². The normalized spacial score (nSPS) is 15.3. The maximum absolute atomic E-state index is 14.7. The van der Waals surface area contributed by atoms with Gasteiger partial charge >= 0.3 is 6.03 Å². The van der Waals surface area contributed by atoms with Gasteiger partial charge in [-0.05, 0) is 47.5 Å². The van der Waals surface area contributed by atoms with E-state index in [9.17, 15) is 31.9 Å². The zero-order chi connectivity index (χ0) is 26.1. The summed E-state index contributed by atoms with van der Waals surface area (Å²) in [6.07, 6.45) is -2.89. The van der Waals surface area contributed by atoms with E-state index in [0.717, 1.165) is 0 Å². The lowest BCUT2D eigenvalue weighted by Crippen LogP contribution is -2.60. The van der Waals surface area contributed by atoms with Crippen LogP contribution in [0.1, 0.15) is 17.5 Å². The van der Waals surface area contributed by atoms with Gasteiger partial charge in [-0.2, -0.15) is 0 Å². The molecule has 0 N–H and O–H groups in total. The van der Waals surface area contributed by atoms with Crippen molar-refractivity contribution in [2.24, 2.45) is 0 Å². The number of hydrogen-bond donors (Lipinski definition) is 0. The van der Waals surface area contributed by atoms with Gasteiger partial charge in [-0.1, -0.05) is 46.4 Å². The fraction of sp³-hybridized carbons (Fsp3) is 0.318. The molecule has 1 heterocycles. The molecule has 0 spiro atoms. The van der Waals surface area contributed by atoms with Crippen LogP contribution in [-0.2, 0) is 22.4 Å².